The summed E-state index contributed by atoms with van der Waals surface area (Å²) in [7, 11) is 1.67. The van der Waals surface area contributed by atoms with Crippen molar-refractivity contribution in [2.75, 3.05) is 26.8 Å². The largest absolute Gasteiger partial charge is 0.383 e. The number of hydrogen-bond donors (Lipinski definition) is 1. The summed E-state index contributed by atoms with van der Waals surface area (Å²) in [5.41, 5.74) is 9.95. The van der Waals surface area contributed by atoms with Gasteiger partial charge < -0.3 is 15.4 Å². The third-order valence-corrected chi connectivity index (χ3v) is 7.31. The van der Waals surface area contributed by atoms with Gasteiger partial charge >= 0.3 is 0 Å². The van der Waals surface area contributed by atoms with Crippen LogP contribution >= 0.6 is 24.0 Å². The maximum Gasteiger partial charge on any atom is 0.255 e. The van der Waals surface area contributed by atoms with Crippen molar-refractivity contribution >= 4 is 29.9 Å². The fourth-order valence-corrected chi connectivity index (χ4v) is 5.24. The Morgan fingerprint density at radius 1 is 1.09 bits per heavy atom. The number of carbonyl (C=O) groups excluding carboxylic acids is 1. The molecule has 4 rings (SSSR count). The van der Waals surface area contributed by atoms with Crippen LogP contribution in [0.2, 0.25) is 5.02 Å². The molecule has 5 nitrogen and oxygen atoms in total. The highest BCUT2D eigenvalue weighted by atomic mass is 35.5. The molecule has 1 aliphatic rings. The van der Waals surface area contributed by atoms with Gasteiger partial charge in [0.25, 0.3) is 5.91 Å². The Labute approximate surface area is 219 Å². The first-order valence-electron chi connectivity index (χ1n) is 11.8. The highest BCUT2D eigenvalue weighted by Crippen LogP contribution is 2.41. The van der Waals surface area contributed by atoms with E-state index in [4.69, 9.17) is 22.1 Å². The van der Waals surface area contributed by atoms with Crippen molar-refractivity contribution < 1.29 is 9.53 Å². The van der Waals surface area contributed by atoms with Crippen molar-refractivity contribution in [3.8, 4) is 11.1 Å². The molecule has 1 amide bonds. The van der Waals surface area contributed by atoms with Gasteiger partial charge in [0.15, 0.2) is 0 Å². The number of aromatic nitrogens is 1. The fourth-order valence-electron chi connectivity index (χ4n) is 5.05. The number of ether oxygens (including phenoxy) is 1. The van der Waals surface area contributed by atoms with E-state index >= 15 is 0 Å². The number of benzene rings is 2. The second-order valence-electron chi connectivity index (χ2n) is 9.05. The zero-order valence-corrected chi connectivity index (χ0v) is 21.6. The zero-order chi connectivity index (χ0) is 24.0. The molecule has 186 valence electrons. The maximum atomic E-state index is 13.7. The van der Waals surface area contributed by atoms with Crippen molar-refractivity contribution in [3.63, 3.8) is 0 Å². The Kier molecular flexibility index (Phi) is 9.70. The van der Waals surface area contributed by atoms with Crippen molar-refractivity contribution in [2.24, 2.45) is 5.73 Å². The lowest BCUT2D eigenvalue weighted by Gasteiger charge is -2.43. The molecule has 7 heteroatoms. The maximum absolute atomic E-state index is 13.7. The van der Waals surface area contributed by atoms with Crippen LogP contribution in [0.4, 0.5) is 0 Å². The number of carbonyl (C=O) groups is 1. The summed E-state index contributed by atoms with van der Waals surface area (Å²) in [5.74, 6) is -0.00432. The topological polar surface area (TPSA) is 68.5 Å². The van der Waals surface area contributed by atoms with Crippen LogP contribution in [0, 0.1) is 0 Å². The summed E-state index contributed by atoms with van der Waals surface area (Å²) in [4.78, 5) is 20.0. The third kappa shape index (κ3) is 6.22. The molecule has 35 heavy (non-hydrogen) atoms. The lowest BCUT2D eigenvalue weighted by atomic mass is 9.68. The Morgan fingerprint density at radius 3 is 2.49 bits per heavy atom. The van der Waals surface area contributed by atoms with E-state index in [2.05, 4.69) is 11.1 Å². The van der Waals surface area contributed by atoms with Crippen molar-refractivity contribution in [2.45, 2.75) is 37.1 Å². The quantitative estimate of drug-likeness (QED) is 0.416. The highest BCUT2D eigenvalue weighted by molar-refractivity contribution is 6.30. The van der Waals surface area contributed by atoms with Gasteiger partial charge in [0.1, 0.15) is 0 Å². The molecule has 1 heterocycles. The molecule has 1 fully saturated rings. The molecule has 1 aliphatic carbocycles. The van der Waals surface area contributed by atoms with E-state index in [1.807, 2.05) is 59.5 Å². The first-order chi connectivity index (χ1) is 16.6. The average molecular weight is 514 g/mol. The van der Waals surface area contributed by atoms with E-state index in [1.54, 1.807) is 19.5 Å². The first-order valence-corrected chi connectivity index (χ1v) is 12.2. The molecule has 1 aromatic heterocycles. The van der Waals surface area contributed by atoms with Crippen LogP contribution < -0.4 is 5.73 Å². The number of halogens is 2. The monoisotopic (exact) mass is 513 g/mol. The standard InChI is InChI=1S/C28H32ClN3O2.ClH/c1-34-15-14-32(27(33)23-16-22(18-31-19-23)21-6-3-2-4-7-21)26-10-12-28(20-30,13-11-26)24-8-5-9-25(29)17-24;/h2-9,16-19,26H,10-15,20,30H2,1H3;1H. The number of nitrogens with zero attached hydrogens (tertiary/aromatic N) is 2. The predicted octanol–water partition coefficient (Wildman–Crippen LogP) is 5.75. The molecule has 0 bridgehead atoms. The van der Waals surface area contributed by atoms with Crippen LogP contribution in [0.3, 0.4) is 0 Å². The van der Waals surface area contributed by atoms with E-state index in [1.165, 1.54) is 5.56 Å². The van der Waals surface area contributed by atoms with Gasteiger partial charge in [-0.05, 0) is 55.0 Å². The summed E-state index contributed by atoms with van der Waals surface area (Å²) >= 11 is 6.27. The average Bonchev–Trinajstić information content (AvgIpc) is 2.90. The molecule has 2 aromatic carbocycles. The molecular formula is C28H33Cl2N3O2. The van der Waals surface area contributed by atoms with Gasteiger partial charge in [-0.25, -0.2) is 0 Å². The molecule has 2 N–H and O–H groups in total. The van der Waals surface area contributed by atoms with E-state index in [9.17, 15) is 4.79 Å². The van der Waals surface area contributed by atoms with E-state index in [0.717, 1.165) is 41.8 Å². The van der Waals surface area contributed by atoms with Gasteiger partial charge in [-0.3, -0.25) is 9.78 Å². The Morgan fingerprint density at radius 2 is 1.83 bits per heavy atom. The van der Waals surface area contributed by atoms with Gasteiger partial charge in [0.05, 0.1) is 12.2 Å². The molecule has 0 atom stereocenters. The molecule has 1 saturated carbocycles. The van der Waals surface area contributed by atoms with E-state index in [0.29, 0.717) is 25.3 Å². The number of hydrogen-bond acceptors (Lipinski definition) is 4. The fraction of sp³-hybridized carbons (Fsp3) is 0.357. The molecule has 0 aliphatic heterocycles. The lowest BCUT2D eigenvalue weighted by molar-refractivity contribution is 0.0507. The number of rotatable bonds is 8. The van der Waals surface area contributed by atoms with Gasteiger partial charge in [-0.1, -0.05) is 54.1 Å². The highest BCUT2D eigenvalue weighted by Gasteiger charge is 2.38. The van der Waals surface area contributed by atoms with Gasteiger partial charge in [0.2, 0.25) is 0 Å². The predicted molar refractivity (Wildman–Crippen MR) is 144 cm³/mol. The Balaban J connectivity index is 0.00000342. The molecule has 0 unspecified atom stereocenters. The Bertz CT molecular complexity index is 1100. The minimum absolute atomic E-state index is 0. The van der Waals surface area contributed by atoms with E-state index in [-0.39, 0.29) is 29.8 Å². The number of methoxy groups -OCH3 is 1. The lowest BCUT2D eigenvalue weighted by Crippen LogP contribution is -2.48. The summed E-state index contributed by atoms with van der Waals surface area (Å²) in [5, 5.41) is 0.732. The summed E-state index contributed by atoms with van der Waals surface area (Å²) in [6, 6.07) is 20.1. The first kappa shape index (κ1) is 27.2. The van der Waals surface area contributed by atoms with E-state index < -0.39 is 0 Å². The molecule has 3 aromatic rings. The molecule has 0 saturated heterocycles. The summed E-state index contributed by atoms with van der Waals surface area (Å²) < 4.78 is 5.34. The smallest absolute Gasteiger partial charge is 0.255 e. The number of nitrogens with two attached hydrogens (primary N) is 1. The van der Waals surface area contributed by atoms with Crippen LogP contribution in [0.5, 0.6) is 0 Å². The van der Waals surface area contributed by atoms with Gasteiger partial charge in [0, 0.05) is 54.6 Å². The molecular weight excluding hydrogens is 481 g/mol. The van der Waals surface area contributed by atoms with Gasteiger partial charge in [-0.15, -0.1) is 12.4 Å². The normalized spacial score (nSPS) is 19.6. The second-order valence-corrected chi connectivity index (χ2v) is 9.48. The van der Waals surface area contributed by atoms with Crippen LogP contribution in [-0.4, -0.2) is 48.6 Å². The number of pyridine rings is 1. The summed E-state index contributed by atoms with van der Waals surface area (Å²) in [6.45, 7) is 1.60. The van der Waals surface area contributed by atoms with Crippen molar-refractivity contribution in [3.05, 3.63) is 89.2 Å². The molecule has 0 spiro atoms. The van der Waals surface area contributed by atoms with Crippen molar-refractivity contribution in [1.82, 2.24) is 9.88 Å². The minimum Gasteiger partial charge on any atom is -0.383 e. The van der Waals surface area contributed by atoms with Gasteiger partial charge in [-0.2, -0.15) is 0 Å². The molecule has 0 radical (unpaired) electrons. The van der Waals surface area contributed by atoms with Crippen LogP contribution in [0.1, 0.15) is 41.6 Å². The zero-order valence-electron chi connectivity index (χ0n) is 20.0. The SMILES string of the molecule is COCCN(C(=O)c1cncc(-c2ccccc2)c1)C1CCC(CN)(c2cccc(Cl)c2)CC1.Cl. The minimum atomic E-state index is -0.105. The summed E-state index contributed by atoms with van der Waals surface area (Å²) in [6.07, 6.45) is 7.04. The van der Waals surface area contributed by atoms with Crippen LogP contribution in [-0.2, 0) is 10.2 Å². The van der Waals surface area contributed by atoms with Crippen LogP contribution in [0.25, 0.3) is 11.1 Å². The second kappa shape index (κ2) is 12.5. The van der Waals surface area contributed by atoms with Crippen LogP contribution in [0.15, 0.2) is 73.1 Å². The van der Waals surface area contributed by atoms with Crippen molar-refractivity contribution in [1.29, 1.82) is 0 Å². The number of amides is 1. The Hall–Kier alpha value is -2.44. The third-order valence-electron chi connectivity index (χ3n) is 7.07.